The van der Waals surface area contributed by atoms with Gasteiger partial charge in [-0.3, -0.25) is 10.1 Å². The number of nitrogens with zero attached hydrogens (tertiary/aromatic N) is 1. The van der Waals surface area contributed by atoms with Gasteiger partial charge in [0.2, 0.25) is 0 Å². The minimum atomic E-state index is -4.60. The summed E-state index contributed by atoms with van der Waals surface area (Å²) in [5.41, 5.74) is -1.78. The number of alkyl halides is 3. The third-order valence-corrected chi connectivity index (χ3v) is 1.70. The summed E-state index contributed by atoms with van der Waals surface area (Å²) in [7, 11) is 1.15. The molecule has 1 aromatic carbocycles. The third kappa shape index (κ3) is 2.36. The van der Waals surface area contributed by atoms with Crippen LogP contribution in [0, 0.1) is 10.1 Å². The fourth-order valence-electron chi connectivity index (χ4n) is 1.01. The van der Waals surface area contributed by atoms with Crippen LogP contribution in [0.4, 0.5) is 18.9 Å². The highest BCUT2D eigenvalue weighted by Crippen LogP contribution is 2.35. The van der Waals surface area contributed by atoms with Gasteiger partial charge in [0.05, 0.1) is 17.6 Å². The predicted molar refractivity (Wildman–Crippen MR) is 44.7 cm³/mol. The predicted octanol–water partition coefficient (Wildman–Crippen LogP) is 2.62. The topological polar surface area (TPSA) is 52.4 Å². The van der Waals surface area contributed by atoms with Crippen LogP contribution in [0.25, 0.3) is 0 Å². The summed E-state index contributed by atoms with van der Waals surface area (Å²) in [6.07, 6.45) is -4.60. The Balaban J connectivity index is 3.28. The first kappa shape index (κ1) is 11.3. The van der Waals surface area contributed by atoms with Crippen LogP contribution in [0.5, 0.6) is 5.75 Å². The highest BCUT2D eigenvalue weighted by molar-refractivity contribution is 5.49. The number of nitro groups is 1. The van der Waals surface area contributed by atoms with Gasteiger partial charge in [-0.05, 0) is 12.1 Å². The number of hydrogen-bond acceptors (Lipinski definition) is 3. The van der Waals surface area contributed by atoms with Crippen molar-refractivity contribution in [3.63, 3.8) is 0 Å². The van der Waals surface area contributed by atoms with Crippen molar-refractivity contribution >= 4 is 5.69 Å². The molecule has 0 spiro atoms. The zero-order chi connectivity index (χ0) is 11.6. The van der Waals surface area contributed by atoms with Crippen LogP contribution in [0.2, 0.25) is 0 Å². The Morgan fingerprint density at radius 3 is 2.40 bits per heavy atom. The van der Waals surface area contributed by atoms with Crippen LogP contribution in [-0.2, 0) is 6.18 Å². The normalized spacial score (nSPS) is 11.2. The van der Waals surface area contributed by atoms with Crippen LogP contribution >= 0.6 is 0 Å². The van der Waals surface area contributed by atoms with E-state index in [2.05, 4.69) is 4.74 Å². The van der Waals surface area contributed by atoms with E-state index in [-0.39, 0.29) is 5.75 Å². The number of hydrogen-bond donors (Lipinski definition) is 0. The molecule has 0 aliphatic rings. The molecule has 0 heterocycles. The SMILES string of the molecule is COc1ccc(C(F)(F)F)cc1[N+](=O)[O-]. The van der Waals surface area contributed by atoms with Crippen LogP contribution in [0.1, 0.15) is 5.56 Å². The molecule has 0 aromatic heterocycles. The summed E-state index contributed by atoms with van der Waals surface area (Å²) in [6.45, 7) is 0. The van der Waals surface area contributed by atoms with E-state index in [1.165, 1.54) is 0 Å². The van der Waals surface area contributed by atoms with E-state index in [9.17, 15) is 23.3 Å². The Morgan fingerprint density at radius 2 is 2.00 bits per heavy atom. The quantitative estimate of drug-likeness (QED) is 0.569. The second kappa shape index (κ2) is 3.76. The van der Waals surface area contributed by atoms with E-state index in [1.807, 2.05) is 0 Å². The maximum atomic E-state index is 12.2. The lowest BCUT2D eigenvalue weighted by Gasteiger charge is -2.07. The first-order valence-electron chi connectivity index (χ1n) is 3.76. The monoisotopic (exact) mass is 221 g/mol. The average Bonchev–Trinajstić information content (AvgIpc) is 2.15. The maximum absolute atomic E-state index is 12.2. The van der Waals surface area contributed by atoms with Crippen molar-refractivity contribution in [1.82, 2.24) is 0 Å². The summed E-state index contributed by atoms with van der Waals surface area (Å²) >= 11 is 0. The van der Waals surface area contributed by atoms with Crippen molar-refractivity contribution in [2.45, 2.75) is 6.18 Å². The summed E-state index contributed by atoms with van der Waals surface area (Å²) in [5.74, 6) is -0.201. The van der Waals surface area contributed by atoms with Gasteiger partial charge in [0.1, 0.15) is 0 Å². The molecule has 0 fully saturated rings. The number of nitro benzene ring substituents is 1. The second-order valence-electron chi connectivity index (χ2n) is 2.64. The average molecular weight is 221 g/mol. The fraction of sp³-hybridized carbons (Fsp3) is 0.250. The Hall–Kier alpha value is -1.79. The number of methoxy groups -OCH3 is 1. The molecule has 0 radical (unpaired) electrons. The lowest BCUT2D eigenvalue weighted by Crippen LogP contribution is -2.06. The van der Waals surface area contributed by atoms with Crippen molar-refractivity contribution in [2.24, 2.45) is 0 Å². The molecule has 0 aliphatic carbocycles. The third-order valence-electron chi connectivity index (χ3n) is 1.70. The lowest BCUT2D eigenvalue weighted by molar-refractivity contribution is -0.386. The largest absolute Gasteiger partial charge is 0.490 e. The molecule has 0 bridgehead atoms. The van der Waals surface area contributed by atoms with E-state index in [0.29, 0.717) is 6.07 Å². The van der Waals surface area contributed by atoms with Crippen LogP contribution in [0.15, 0.2) is 18.2 Å². The molecule has 0 amide bonds. The minimum Gasteiger partial charge on any atom is -0.490 e. The van der Waals surface area contributed by atoms with E-state index >= 15 is 0 Å². The highest BCUT2D eigenvalue weighted by Gasteiger charge is 2.33. The van der Waals surface area contributed by atoms with Crippen LogP contribution < -0.4 is 4.74 Å². The first-order valence-corrected chi connectivity index (χ1v) is 3.76. The van der Waals surface area contributed by atoms with Gasteiger partial charge < -0.3 is 4.74 Å². The Bertz CT molecular complexity index is 389. The number of benzene rings is 1. The van der Waals surface area contributed by atoms with Crippen molar-refractivity contribution in [3.8, 4) is 5.75 Å². The summed E-state index contributed by atoms with van der Waals surface area (Å²) in [6, 6.07) is 2.09. The van der Waals surface area contributed by atoms with Crippen molar-refractivity contribution in [3.05, 3.63) is 33.9 Å². The van der Waals surface area contributed by atoms with E-state index in [4.69, 9.17) is 0 Å². The highest BCUT2D eigenvalue weighted by atomic mass is 19.4. The van der Waals surface area contributed by atoms with Crippen molar-refractivity contribution < 1.29 is 22.8 Å². The Morgan fingerprint density at radius 1 is 1.40 bits per heavy atom. The summed E-state index contributed by atoms with van der Waals surface area (Å²) in [4.78, 5) is 9.50. The van der Waals surface area contributed by atoms with Gasteiger partial charge in [-0.2, -0.15) is 13.2 Å². The van der Waals surface area contributed by atoms with Crippen molar-refractivity contribution in [1.29, 1.82) is 0 Å². The molecule has 1 aromatic rings. The second-order valence-corrected chi connectivity index (χ2v) is 2.64. The van der Waals surface area contributed by atoms with Gasteiger partial charge in [0.25, 0.3) is 0 Å². The molecule has 0 aliphatic heterocycles. The lowest BCUT2D eigenvalue weighted by atomic mass is 10.2. The molecule has 0 atom stereocenters. The molecule has 0 saturated carbocycles. The van der Waals surface area contributed by atoms with Crippen LogP contribution in [0.3, 0.4) is 0 Å². The number of ether oxygens (including phenoxy) is 1. The van der Waals surface area contributed by atoms with Crippen molar-refractivity contribution in [2.75, 3.05) is 7.11 Å². The molecule has 4 nitrogen and oxygen atoms in total. The molecule has 15 heavy (non-hydrogen) atoms. The van der Waals surface area contributed by atoms with E-state index in [1.54, 1.807) is 0 Å². The standard InChI is InChI=1S/C8H6F3NO3/c1-15-7-3-2-5(8(9,10)11)4-6(7)12(13)14/h2-4H,1H3. The molecule has 0 unspecified atom stereocenters. The molecule has 82 valence electrons. The fourth-order valence-corrected chi connectivity index (χ4v) is 1.01. The van der Waals surface area contributed by atoms with Gasteiger partial charge in [0.15, 0.2) is 5.75 Å². The summed E-state index contributed by atoms with van der Waals surface area (Å²) < 4.78 is 41.2. The minimum absolute atomic E-state index is 0.201. The number of halogens is 3. The van der Waals surface area contributed by atoms with Gasteiger partial charge in [-0.25, -0.2) is 0 Å². The molecule has 0 N–H and O–H groups in total. The molecule has 1 rings (SSSR count). The van der Waals surface area contributed by atoms with Crippen LogP contribution in [-0.4, -0.2) is 12.0 Å². The first-order chi connectivity index (χ1) is 6.86. The van der Waals surface area contributed by atoms with E-state index in [0.717, 1.165) is 19.2 Å². The molecule has 0 saturated heterocycles. The number of rotatable bonds is 2. The molecular formula is C8H6F3NO3. The summed E-state index contributed by atoms with van der Waals surface area (Å²) in [5, 5.41) is 10.4. The molecule has 7 heteroatoms. The van der Waals surface area contributed by atoms with Gasteiger partial charge in [-0.15, -0.1) is 0 Å². The smallest absolute Gasteiger partial charge is 0.416 e. The zero-order valence-electron chi connectivity index (χ0n) is 7.54. The van der Waals surface area contributed by atoms with E-state index < -0.39 is 22.4 Å². The van der Waals surface area contributed by atoms with Gasteiger partial charge >= 0.3 is 11.9 Å². The maximum Gasteiger partial charge on any atom is 0.416 e. The van der Waals surface area contributed by atoms with Gasteiger partial charge in [0, 0.05) is 6.07 Å². The Labute approximate surface area is 82.4 Å². The van der Waals surface area contributed by atoms with Gasteiger partial charge in [-0.1, -0.05) is 0 Å². The zero-order valence-corrected chi connectivity index (χ0v) is 7.54. The Kier molecular flexibility index (Phi) is 2.83. The molecular weight excluding hydrogens is 215 g/mol.